The van der Waals surface area contributed by atoms with Gasteiger partial charge in [0.15, 0.2) is 0 Å². The van der Waals surface area contributed by atoms with Gasteiger partial charge in [-0.25, -0.2) is 0 Å². The first-order chi connectivity index (χ1) is 27.3. The van der Waals surface area contributed by atoms with E-state index in [0.29, 0.717) is 0 Å². The van der Waals surface area contributed by atoms with Crippen LogP contribution >= 0.6 is 11.3 Å². The predicted octanol–water partition coefficient (Wildman–Crippen LogP) is 15.6. The van der Waals surface area contributed by atoms with Gasteiger partial charge in [-0.1, -0.05) is 146 Å². The van der Waals surface area contributed by atoms with Crippen molar-refractivity contribution < 1.29 is 4.42 Å². The van der Waals surface area contributed by atoms with Gasteiger partial charge in [0.05, 0.1) is 0 Å². The second kappa shape index (κ2) is 12.9. The number of benzene rings is 9. The fourth-order valence-corrected chi connectivity index (χ4v) is 9.47. The molecule has 11 aromatic rings. The van der Waals surface area contributed by atoms with Crippen LogP contribution in [0.15, 0.2) is 205 Å². The summed E-state index contributed by atoms with van der Waals surface area (Å²) in [5.41, 5.74) is 12.2. The van der Waals surface area contributed by atoms with Gasteiger partial charge in [-0.3, -0.25) is 0 Å². The van der Waals surface area contributed by atoms with Crippen molar-refractivity contribution in [1.29, 1.82) is 0 Å². The van der Waals surface area contributed by atoms with Gasteiger partial charge >= 0.3 is 0 Å². The summed E-state index contributed by atoms with van der Waals surface area (Å²) in [5.74, 6) is 0. The van der Waals surface area contributed by atoms with Gasteiger partial charge < -0.3 is 9.32 Å². The fraction of sp³-hybridized carbons (Fsp3) is 0. The molecule has 55 heavy (non-hydrogen) atoms. The van der Waals surface area contributed by atoms with Gasteiger partial charge in [0.1, 0.15) is 11.2 Å². The number of rotatable bonds is 6. The molecule has 0 saturated carbocycles. The van der Waals surface area contributed by atoms with Crippen molar-refractivity contribution >= 4 is 81.3 Å². The summed E-state index contributed by atoms with van der Waals surface area (Å²) in [4.78, 5) is 2.33. The lowest BCUT2D eigenvalue weighted by Crippen LogP contribution is -2.09. The van der Waals surface area contributed by atoms with Crippen LogP contribution in [0.3, 0.4) is 0 Å². The van der Waals surface area contributed by atoms with E-state index in [0.717, 1.165) is 50.1 Å². The van der Waals surface area contributed by atoms with E-state index in [1.54, 1.807) is 0 Å². The van der Waals surface area contributed by atoms with E-state index in [-0.39, 0.29) is 0 Å². The van der Waals surface area contributed by atoms with Gasteiger partial charge in [0.25, 0.3) is 0 Å². The second-order valence-electron chi connectivity index (χ2n) is 14.1. The minimum absolute atomic E-state index is 0.908. The Kier molecular flexibility index (Phi) is 7.39. The minimum atomic E-state index is 0.908. The third-order valence-corrected chi connectivity index (χ3v) is 12.1. The molecule has 0 aliphatic rings. The lowest BCUT2D eigenvalue weighted by molar-refractivity contribution is 0.673. The van der Waals surface area contributed by atoms with Crippen LogP contribution < -0.4 is 4.90 Å². The Bertz CT molecular complexity index is 3080. The first-order valence-corrected chi connectivity index (χ1v) is 19.5. The summed E-state index contributed by atoms with van der Waals surface area (Å²) >= 11 is 1.86. The average molecular weight is 720 g/mol. The number of fused-ring (bicyclic) bond motifs is 10. The summed E-state index contributed by atoms with van der Waals surface area (Å²) in [6.45, 7) is 0. The Morgan fingerprint density at radius 3 is 1.38 bits per heavy atom. The molecule has 0 fully saturated rings. The van der Waals surface area contributed by atoms with Gasteiger partial charge in [-0.05, 0) is 93.4 Å². The molecule has 11 rings (SSSR count). The molecule has 9 aromatic carbocycles. The standard InChI is InChI=1S/C52H33NOS/c1-3-11-34(12-4-1)36-19-26-40(27-20-36)53(41-28-21-37(22-29-41)35-13-5-2-6-14-35)42-30-23-38(24-31-42)39-25-32-45-47(33-39)54-51-44-16-8-7-15-43(44)49-46-17-9-10-18-48(46)55-52(49)50(45)51/h1-33H. The molecule has 2 heterocycles. The quantitative estimate of drug-likeness (QED) is 0.170. The van der Waals surface area contributed by atoms with Crippen molar-refractivity contribution in [3.05, 3.63) is 200 Å². The highest BCUT2D eigenvalue weighted by Crippen LogP contribution is 2.47. The monoisotopic (exact) mass is 719 g/mol. The van der Waals surface area contributed by atoms with E-state index >= 15 is 0 Å². The molecule has 0 atom stereocenters. The molecule has 0 N–H and O–H groups in total. The smallest absolute Gasteiger partial charge is 0.144 e. The lowest BCUT2D eigenvalue weighted by Gasteiger charge is -2.26. The summed E-state index contributed by atoms with van der Waals surface area (Å²) in [7, 11) is 0. The largest absolute Gasteiger partial charge is 0.455 e. The van der Waals surface area contributed by atoms with Crippen molar-refractivity contribution in [2.75, 3.05) is 4.90 Å². The van der Waals surface area contributed by atoms with Crippen molar-refractivity contribution in [2.24, 2.45) is 0 Å². The molecule has 0 unspecified atom stereocenters. The molecule has 0 bridgehead atoms. The number of hydrogen-bond acceptors (Lipinski definition) is 3. The molecule has 2 nitrogen and oxygen atoms in total. The van der Waals surface area contributed by atoms with Crippen LogP contribution in [0.5, 0.6) is 0 Å². The van der Waals surface area contributed by atoms with Gasteiger partial charge in [0, 0.05) is 53.4 Å². The van der Waals surface area contributed by atoms with Crippen LogP contribution in [0, 0.1) is 0 Å². The Morgan fingerprint density at radius 1 is 0.345 bits per heavy atom. The molecule has 2 aromatic heterocycles. The highest BCUT2D eigenvalue weighted by Gasteiger charge is 2.20. The molecule has 0 spiro atoms. The van der Waals surface area contributed by atoms with Crippen LogP contribution in [0.4, 0.5) is 17.1 Å². The van der Waals surface area contributed by atoms with Crippen molar-refractivity contribution in [2.45, 2.75) is 0 Å². The average Bonchev–Trinajstić information content (AvgIpc) is 3.84. The molecule has 0 saturated heterocycles. The zero-order valence-electron chi connectivity index (χ0n) is 29.8. The molecule has 258 valence electrons. The Hall–Kier alpha value is -6.94. The normalized spacial score (nSPS) is 11.6. The molecule has 0 radical (unpaired) electrons. The third-order valence-electron chi connectivity index (χ3n) is 10.9. The lowest BCUT2D eigenvalue weighted by atomic mass is 9.99. The van der Waals surface area contributed by atoms with Crippen molar-refractivity contribution in [3.63, 3.8) is 0 Å². The van der Waals surface area contributed by atoms with E-state index in [1.165, 1.54) is 53.2 Å². The summed E-state index contributed by atoms with van der Waals surface area (Å²) < 4.78 is 9.38. The number of anilines is 3. The maximum Gasteiger partial charge on any atom is 0.144 e. The summed E-state index contributed by atoms with van der Waals surface area (Å²) in [5, 5.41) is 7.39. The first kappa shape index (κ1) is 31.6. The Labute approximate surface area is 322 Å². The minimum Gasteiger partial charge on any atom is -0.455 e. The number of nitrogens with zero attached hydrogens (tertiary/aromatic N) is 1. The van der Waals surface area contributed by atoms with Crippen molar-refractivity contribution in [3.8, 4) is 33.4 Å². The van der Waals surface area contributed by atoms with Crippen LogP contribution in [0.25, 0.3) is 86.3 Å². The summed E-state index contributed by atoms with van der Waals surface area (Å²) in [6, 6.07) is 71.8. The Morgan fingerprint density at radius 2 is 0.800 bits per heavy atom. The van der Waals surface area contributed by atoms with Gasteiger partial charge in [-0.2, -0.15) is 0 Å². The molecule has 0 aliphatic heterocycles. The maximum atomic E-state index is 6.79. The van der Waals surface area contributed by atoms with Gasteiger partial charge in [-0.15, -0.1) is 11.3 Å². The molecule has 0 amide bonds. The van der Waals surface area contributed by atoms with E-state index < -0.39 is 0 Å². The number of thiophene rings is 1. The topological polar surface area (TPSA) is 16.4 Å². The summed E-state index contributed by atoms with van der Waals surface area (Å²) in [6.07, 6.45) is 0. The highest BCUT2D eigenvalue weighted by molar-refractivity contribution is 7.27. The molecular formula is C52H33NOS. The molecular weight excluding hydrogens is 687 g/mol. The highest BCUT2D eigenvalue weighted by atomic mass is 32.1. The number of furan rings is 1. The first-order valence-electron chi connectivity index (χ1n) is 18.7. The van der Waals surface area contributed by atoms with Crippen LogP contribution in [0.1, 0.15) is 0 Å². The zero-order valence-corrected chi connectivity index (χ0v) is 30.6. The van der Waals surface area contributed by atoms with E-state index in [9.17, 15) is 0 Å². The van der Waals surface area contributed by atoms with Crippen LogP contribution in [-0.4, -0.2) is 0 Å². The van der Waals surface area contributed by atoms with E-state index in [1.807, 2.05) is 11.3 Å². The van der Waals surface area contributed by atoms with Gasteiger partial charge in [0.2, 0.25) is 0 Å². The number of hydrogen-bond donors (Lipinski definition) is 0. The van der Waals surface area contributed by atoms with Crippen LogP contribution in [0.2, 0.25) is 0 Å². The molecule has 0 aliphatic carbocycles. The Balaban J connectivity index is 0.997. The molecule has 3 heteroatoms. The van der Waals surface area contributed by atoms with Crippen LogP contribution in [-0.2, 0) is 0 Å². The van der Waals surface area contributed by atoms with E-state index in [2.05, 4.69) is 205 Å². The van der Waals surface area contributed by atoms with E-state index in [4.69, 9.17) is 4.42 Å². The predicted molar refractivity (Wildman–Crippen MR) is 235 cm³/mol. The fourth-order valence-electron chi connectivity index (χ4n) is 8.20. The second-order valence-corrected chi connectivity index (χ2v) is 15.1. The maximum absolute atomic E-state index is 6.79. The SMILES string of the molecule is c1ccc(-c2ccc(N(c3ccc(-c4ccccc4)cc3)c3ccc(-c4ccc5c(c4)oc4c6ccccc6c6c7ccccc7sc6c54)cc3)cc2)cc1. The third kappa shape index (κ3) is 5.32. The zero-order chi connectivity index (χ0) is 36.3. The van der Waals surface area contributed by atoms with Crippen molar-refractivity contribution in [1.82, 2.24) is 0 Å².